The van der Waals surface area contributed by atoms with Crippen LogP contribution in [0.4, 0.5) is 0 Å². The molecule has 2 N–H and O–H groups in total. The molecule has 2 aromatic carbocycles. The van der Waals surface area contributed by atoms with Crippen LogP contribution in [0.25, 0.3) is 0 Å². The predicted molar refractivity (Wildman–Crippen MR) is 141 cm³/mol. The average Bonchev–Trinajstić information content (AvgIpc) is 3.24. The molecule has 1 amide bonds. The summed E-state index contributed by atoms with van der Waals surface area (Å²) in [5.74, 6) is -0.0936. The maximum Gasteiger partial charge on any atom is 0.306 e. The van der Waals surface area contributed by atoms with Crippen molar-refractivity contribution in [1.82, 2.24) is 5.48 Å². The Labute approximate surface area is 225 Å². The number of aliphatic hydroxyl groups is 1. The minimum absolute atomic E-state index is 0.0314. The van der Waals surface area contributed by atoms with Crippen molar-refractivity contribution in [2.75, 3.05) is 20.3 Å². The number of hydroxylamine groups is 1. The normalized spacial score (nSPS) is 19.1. The Balaban J connectivity index is 1.98. The number of ether oxygens (including phenoxy) is 3. The Morgan fingerprint density at radius 1 is 1.14 bits per heavy atom. The van der Waals surface area contributed by atoms with Crippen molar-refractivity contribution in [3.8, 4) is 5.75 Å². The largest absolute Gasteiger partial charge is 0.494 e. The predicted octanol–water partition coefficient (Wildman–Crippen LogP) is 4.27. The van der Waals surface area contributed by atoms with Crippen molar-refractivity contribution in [1.29, 1.82) is 0 Å². The molecule has 2 aromatic rings. The number of nitrogens with one attached hydrogen (secondary N) is 1. The van der Waals surface area contributed by atoms with E-state index in [1.807, 2.05) is 24.3 Å². The molecule has 0 aromatic heterocycles. The second-order valence-electron chi connectivity index (χ2n) is 9.56. The van der Waals surface area contributed by atoms with Crippen LogP contribution in [0.5, 0.6) is 5.75 Å². The molecule has 10 heteroatoms. The summed E-state index contributed by atoms with van der Waals surface area (Å²) >= 11 is 3.44. The van der Waals surface area contributed by atoms with Crippen LogP contribution in [-0.2, 0) is 23.9 Å². The molecule has 1 aliphatic rings. The second kappa shape index (κ2) is 12.5. The number of hydrogen-bond donors (Lipinski definition) is 2. The van der Waals surface area contributed by atoms with Crippen molar-refractivity contribution >= 4 is 33.7 Å². The van der Waals surface area contributed by atoms with Gasteiger partial charge in [-0.15, -0.1) is 0 Å². The van der Waals surface area contributed by atoms with Gasteiger partial charge in [-0.3, -0.25) is 14.4 Å². The molecule has 0 bridgehead atoms. The van der Waals surface area contributed by atoms with Crippen LogP contribution in [0.2, 0.25) is 0 Å². The number of aliphatic hydroxyl groups excluding tert-OH is 1. The van der Waals surface area contributed by atoms with E-state index < -0.39 is 29.1 Å². The number of nitrogens with zero attached hydrogens (tertiary/aromatic N) is 1. The minimum atomic E-state index is -1.49. The van der Waals surface area contributed by atoms with E-state index in [-0.39, 0.29) is 25.3 Å². The van der Waals surface area contributed by atoms with E-state index in [1.165, 1.54) is 7.11 Å². The molecule has 0 saturated heterocycles. The Hall–Kier alpha value is -2.95. The van der Waals surface area contributed by atoms with E-state index in [0.717, 1.165) is 4.47 Å². The third-order valence-electron chi connectivity index (χ3n) is 5.53. The summed E-state index contributed by atoms with van der Waals surface area (Å²) < 4.78 is 18.3. The first-order chi connectivity index (χ1) is 17.6. The number of amides is 1. The first-order valence-electron chi connectivity index (χ1n) is 12.0. The highest BCUT2D eigenvalue weighted by Crippen LogP contribution is 2.43. The molecule has 0 fully saturated rings. The van der Waals surface area contributed by atoms with E-state index in [1.54, 1.807) is 45.0 Å². The molecule has 3 rings (SSSR count). The molecule has 1 aliphatic heterocycles. The standard InChI is InChI=1S/C27H33BrN2O7/c1-26(2,3)37-22(32)14-15-27(25(33)30-34-4)23(18-6-10-20(28)11-7-18)36-24(29-27)19-8-12-21(13-9-19)35-17-5-16-31/h6-13,23,31H,5,14-17H2,1-4H3,(H,30,33)/t23-,27-/m0/s1. The number of benzene rings is 2. The van der Waals surface area contributed by atoms with Crippen LogP contribution in [0.3, 0.4) is 0 Å². The molecule has 0 spiro atoms. The summed E-state index contributed by atoms with van der Waals surface area (Å²) in [6.07, 6.45) is -0.321. The molecular weight excluding hydrogens is 544 g/mol. The van der Waals surface area contributed by atoms with Gasteiger partial charge in [0.15, 0.2) is 11.6 Å². The number of esters is 1. The fourth-order valence-electron chi connectivity index (χ4n) is 3.87. The van der Waals surface area contributed by atoms with Crippen LogP contribution in [0.1, 0.15) is 57.3 Å². The van der Waals surface area contributed by atoms with Crippen molar-refractivity contribution in [2.45, 2.75) is 57.3 Å². The molecule has 9 nitrogen and oxygen atoms in total. The molecule has 0 unspecified atom stereocenters. The summed E-state index contributed by atoms with van der Waals surface area (Å²) in [4.78, 5) is 35.8. The van der Waals surface area contributed by atoms with Crippen molar-refractivity contribution in [2.24, 2.45) is 4.99 Å². The van der Waals surface area contributed by atoms with Crippen LogP contribution in [0.15, 0.2) is 58.0 Å². The Morgan fingerprint density at radius 3 is 2.41 bits per heavy atom. The summed E-state index contributed by atoms with van der Waals surface area (Å²) in [6, 6.07) is 14.5. The van der Waals surface area contributed by atoms with E-state index >= 15 is 0 Å². The highest BCUT2D eigenvalue weighted by Gasteiger charge is 2.53. The highest BCUT2D eigenvalue weighted by atomic mass is 79.9. The van der Waals surface area contributed by atoms with Gasteiger partial charge in [-0.05, 0) is 69.2 Å². The van der Waals surface area contributed by atoms with Gasteiger partial charge in [0, 0.05) is 29.5 Å². The molecule has 200 valence electrons. The fourth-order valence-corrected chi connectivity index (χ4v) is 4.14. The van der Waals surface area contributed by atoms with Crippen LogP contribution < -0.4 is 10.2 Å². The maximum absolute atomic E-state index is 13.5. The Bertz CT molecular complexity index is 1100. The van der Waals surface area contributed by atoms with Crippen molar-refractivity contribution in [3.05, 3.63) is 64.1 Å². The lowest BCUT2D eigenvalue weighted by molar-refractivity contribution is -0.155. The zero-order valence-electron chi connectivity index (χ0n) is 21.5. The summed E-state index contributed by atoms with van der Waals surface area (Å²) in [5.41, 5.74) is 1.59. The number of rotatable bonds is 11. The van der Waals surface area contributed by atoms with Gasteiger partial charge in [-0.25, -0.2) is 10.5 Å². The van der Waals surface area contributed by atoms with Gasteiger partial charge >= 0.3 is 5.97 Å². The van der Waals surface area contributed by atoms with Gasteiger partial charge in [0.05, 0.1) is 13.7 Å². The lowest BCUT2D eigenvalue weighted by Crippen LogP contribution is -2.48. The lowest BCUT2D eigenvalue weighted by atomic mass is 9.83. The van der Waals surface area contributed by atoms with Crippen LogP contribution in [-0.4, -0.2) is 54.3 Å². The monoisotopic (exact) mass is 576 g/mol. The molecule has 37 heavy (non-hydrogen) atoms. The molecule has 0 aliphatic carbocycles. The van der Waals surface area contributed by atoms with Crippen LogP contribution >= 0.6 is 15.9 Å². The van der Waals surface area contributed by atoms with Crippen LogP contribution in [0, 0.1) is 0 Å². The van der Waals surface area contributed by atoms with Gasteiger partial charge < -0.3 is 19.3 Å². The quantitative estimate of drug-likeness (QED) is 0.233. The van der Waals surface area contributed by atoms with Crippen molar-refractivity contribution in [3.63, 3.8) is 0 Å². The SMILES string of the molecule is CONC(=O)[C@@]1(CCC(=O)OC(C)(C)C)N=C(c2ccc(OCCCO)cc2)O[C@H]1c1ccc(Br)cc1. The smallest absolute Gasteiger partial charge is 0.306 e. The Morgan fingerprint density at radius 2 is 1.81 bits per heavy atom. The minimum Gasteiger partial charge on any atom is -0.494 e. The molecular formula is C27H33BrN2O7. The topological polar surface area (TPSA) is 116 Å². The zero-order chi connectivity index (χ0) is 27.1. The second-order valence-corrected chi connectivity index (χ2v) is 10.5. The number of halogens is 1. The van der Waals surface area contributed by atoms with Gasteiger partial charge in [-0.1, -0.05) is 28.1 Å². The zero-order valence-corrected chi connectivity index (χ0v) is 23.0. The lowest BCUT2D eigenvalue weighted by Gasteiger charge is -2.30. The first-order valence-corrected chi connectivity index (χ1v) is 12.8. The van der Waals surface area contributed by atoms with E-state index in [4.69, 9.17) is 29.1 Å². The molecule has 1 heterocycles. The fraction of sp³-hybridized carbons (Fsp3) is 0.444. The number of hydrogen-bond acceptors (Lipinski definition) is 8. The molecule has 2 atom stereocenters. The third-order valence-corrected chi connectivity index (χ3v) is 6.06. The molecule has 0 saturated carbocycles. The first kappa shape index (κ1) is 28.6. The number of carbonyl (C=O) groups excluding carboxylic acids is 2. The summed E-state index contributed by atoms with van der Waals surface area (Å²) in [5, 5.41) is 8.95. The summed E-state index contributed by atoms with van der Waals surface area (Å²) in [7, 11) is 1.34. The van der Waals surface area contributed by atoms with Gasteiger partial charge in [-0.2, -0.15) is 0 Å². The van der Waals surface area contributed by atoms with Gasteiger partial charge in [0.2, 0.25) is 5.90 Å². The highest BCUT2D eigenvalue weighted by molar-refractivity contribution is 9.10. The molecule has 0 radical (unpaired) electrons. The third kappa shape index (κ3) is 7.53. The number of carbonyl (C=O) groups is 2. The van der Waals surface area contributed by atoms with Gasteiger partial charge in [0.25, 0.3) is 5.91 Å². The summed E-state index contributed by atoms with van der Waals surface area (Å²) in [6.45, 7) is 5.80. The van der Waals surface area contributed by atoms with Gasteiger partial charge in [0.1, 0.15) is 11.4 Å². The number of aliphatic imine (C=N–C) groups is 1. The van der Waals surface area contributed by atoms with E-state index in [0.29, 0.717) is 29.9 Å². The average molecular weight is 577 g/mol. The Kier molecular flexibility index (Phi) is 9.69. The van der Waals surface area contributed by atoms with E-state index in [2.05, 4.69) is 21.4 Å². The van der Waals surface area contributed by atoms with E-state index in [9.17, 15) is 9.59 Å². The van der Waals surface area contributed by atoms with Crippen molar-refractivity contribution < 1.29 is 33.7 Å². The maximum atomic E-state index is 13.5.